The predicted molar refractivity (Wildman–Crippen MR) is 110 cm³/mol. The minimum atomic E-state index is 0.0589. The molecule has 0 bridgehead atoms. The molecule has 1 amide bonds. The first kappa shape index (κ1) is 17.9. The second-order valence-electron chi connectivity index (χ2n) is 7.75. The molecule has 1 unspecified atom stereocenters. The van der Waals surface area contributed by atoms with Crippen LogP contribution >= 0.6 is 0 Å². The molecule has 0 N–H and O–H groups in total. The molecule has 0 saturated carbocycles. The van der Waals surface area contributed by atoms with E-state index in [1.54, 1.807) is 0 Å². The lowest BCUT2D eigenvalue weighted by Gasteiger charge is -2.35. The fourth-order valence-corrected chi connectivity index (χ4v) is 4.56. The number of benzene rings is 1. The maximum absolute atomic E-state index is 13.5. The van der Waals surface area contributed by atoms with Crippen LogP contribution in [0.2, 0.25) is 0 Å². The lowest BCUT2D eigenvalue weighted by molar-refractivity contribution is 0.0643. The van der Waals surface area contributed by atoms with Gasteiger partial charge in [-0.15, -0.1) is 0 Å². The van der Waals surface area contributed by atoms with E-state index in [1.807, 2.05) is 49.1 Å². The third-order valence-electron chi connectivity index (χ3n) is 6.05. The summed E-state index contributed by atoms with van der Waals surface area (Å²) in [4.78, 5) is 15.4. The van der Waals surface area contributed by atoms with Crippen LogP contribution in [-0.2, 0) is 6.54 Å². The van der Waals surface area contributed by atoms with E-state index < -0.39 is 0 Å². The molecule has 0 aliphatic carbocycles. The van der Waals surface area contributed by atoms with E-state index in [2.05, 4.69) is 28.3 Å². The minimum absolute atomic E-state index is 0.0589. The van der Waals surface area contributed by atoms with Gasteiger partial charge in [-0.2, -0.15) is 0 Å². The maximum atomic E-state index is 13.5. The lowest BCUT2D eigenvalue weighted by atomic mass is 10.1. The molecule has 1 aromatic carbocycles. The Balaban J connectivity index is 1.50. The molecule has 3 aromatic rings. The van der Waals surface area contributed by atoms with Crippen molar-refractivity contribution in [3.8, 4) is 17.2 Å². The van der Waals surface area contributed by atoms with Gasteiger partial charge in [0.2, 0.25) is 0 Å². The second-order valence-corrected chi connectivity index (χ2v) is 7.75. The Morgan fingerprint density at radius 1 is 1.03 bits per heavy atom. The highest BCUT2D eigenvalue weighted by Gasteiger charge is 2.30. The standard InChI is InChI=1S/C23H25N3O3/c1-15-13-19(23(27)25-10-9-24-8-4-5-20(24)17(25)3)16(2)26(15)18-6-7-21-22(14-18)29-12-11-28-21/h4-8,13-14,17H,9-12H2,1-3H3. The number of hydrogen-bond donors (Lipinski definition) is 0. The summed E-state index contributed by atoms with van der Waals surface area (Å²) in [6.45, 7) is 8.82. The van der Waals surface area contributed by atoms with Crippen molar-refractivity contribution in [2.75, 3.05) is 19.8 Å². The number of fused-ring (bicyclic) bond motifs is 2. The fraction of sp³-hybridized carbons (Fsp3) is 0.348. The zero-order chi connectivity index (χ0) is 20.1. The van der Waals surface area contributed by atoms with Crippen molar-refractivity contribution in [2.24, 2.45) is 0 Å². The van der Waals surface area contributed by atoms with Crippen LogP contribution in [0, 0.1) is 13.8 Å². The largest absolute Gasteiger partial charge is 0.486 e. The van der Waals surface area contributed by atoms with Crippen molar-refractivity contribution in [1.82, 2.24) is 14.0 Å². The molecule has 2 aliphatic rings. The molecule has 150 valence electrons. The van der Waals surface area contributed by atoms with Gasteiger partial charge in [0.15, 0.2) is 11.5 Å². The Kier molecular flexibility index (Phi) is 4.15. The van der Waals surface area contributed by atoms with E-state index in [0.29, 0.717) is 13.2 Å². The van der Waals surface area contributed by atoms with Crippen LogP contribution in [0.15, 0.2) is 42.6 Å². The third kappa shape index (κ3) is 2.82. The van der Waals surface area contributed by atoms with Gasteiger partial charge in [0.1, 0.15) is 13.2 Å². The first-order valence-corrected chi connectivity index (χ1v) is 10.1. The van der Waals surface area contributed by atoms with Crippen molar-refractivity contribution in [1.29, 1.82) is 0 Å². The number of ether oxygens (including phenoxy) is 2. The SMILES string of the molecule is Cc1cc(C(=O)N2CCn3cccc3C2C)c(C)n1-c1ccc2c(c1)OCCO2. The molecule has 1 atom stereocenters. The number of hydrogen-bond acceptors (Lipinski definition) is 3. The lowest BCUT2D eigenvalue weighted by Crippen LogP contribution is -2.40. The normalized spacial score (nSPS) is 17.9. The van der Waals surface area contributed by atoms with Crippen LogP contribution in [0.5, 0.6) is 11.5 Å². The van der Waals surface area contributed by atoms with E-state index in [1.165, 1.54) is 5.69 Å². The van der Waals surface area contributed by atoms with Crippen LogP contribution < -0.4 is 9.47 Å². The van der Waals surface area contributed by atoms with Gasteiger partial charge < -0.3 is 23.5 Å². The number of nitrogens with zero attached hydrogens (tertiary/aromatic N) is 3. The Bertz CT molecular complexity index is 1090. The smallest absolute Gasteiger partial charge is 0.256 e. The van der Waals surface area contributed by atoms with Crippen LogP contribution in [-0.4, -0.2) is 39.7 Å². The number of aromatic nitrogens is 2. The highest BCUT2D eigenvalue weighted by Crippen LogP contribution is 2.34. The van der Waals surface area contributed by atoms with E-state index in [4.69, 9.17) is 9.47 Å². The summed E-state index contributed by atoms with van der Waals surface area (Å²) in [7, 11) is 0. The number of aryl methyl sites for hydroxylation is 1. The first-order chi connectivity index (χ1) is 14.0. The molecular weight excluding hydrogens is 366 g/mol. The van der Waals surface area contributed by atoms with Crippen molar-refractivity contribution in [3.63, 3.8) is 0 Å². The van der Waals surface area contributed by atoms with Crippen LogP contribution in [0.25, 0.3) is 5.69 Å². The van der Waals surface area contributed by atoms with Gasteiger partial charge in [-0.05, 0) is 51.1 Å². The van der Waals surface area contributed by atoms with Crippen LogP contribution in [0.1, 0.15) is 40.4 Å². The molecule has 2 aromatic heterocycles. The fourth-order valence-electron chi connectivity index (χ4n) is 4.56. The van der Waals surface area contributed by atoms with Gasteiger partial charge in [0, 0.05) is 48.1 Å². The molecule has 5 rings (SSSR count). The summed E-state index contributed by atoms with van der Waals surface area (Å²) in [5.41, 5.74) is 4.88. The monoisotopic (exact) mass is 391 g/mol. The summed E-state index contributed by atoms with van der Waals surface area (Å²) in [5, 5.41) is 0. The molecule has 4 heterocycles. The van der Waals surface area contributed by atoms with E-state index in [9.17, 15) is 4.79 Å². The highest BCUT2D eigenvalue weighted by molar-refractivity contribution is 5.96. The first-order valence-electron chi connectivity index (χ1n) is 10.1. The zero-order valence-corrected chi connectivity index (χ0v) is 17.0. The van der Waals surface area contributed by atoms with E-state index in [0.717, 1.165) is 47.2 Å². The Morgan fingerprint density at radius 2 is 1.83 bits per heavy atom. The Hall–Kier alpha value is -3.15. The van der Waals surface area contributed by atoms with Crippen molar-refractivity contribution in [3.05, 3.63) is 65.2 Å². The van der Waals surface area contributed by atoms with Crippen molar-refractivity contribution >= 4 is 5.91 Å². The summed E-state index contributed by atoms with van der Waals surface area (Å²) >= 11 is 0. The number of amides is 1. The molecule has 6 nitrogen and oxygen atoms in total. The van der Waals surface area contributed by atoms with E-state index in [-0.39, 0.29) is 11.9 Å². The summed E-state index contributed by atoms with van der Waals surface area (Å²) in [5.74, 6) is 1.60. The van der Waals surface area contributed by atoms with Gasteiger partial charge in [-0.1, -0.05) is 0 Å². The number of rotatable bonds is 2. The topological polar surface area (TPSA) is 48.6 Å². The van der Waals surface area contributed by atoms with Crippen molar-refractivity contribution in [2.45, 2.75) is 33.4 Å². The molecule has 0 fully saturated rings. The zero-order valence-electron chi connectivity index (χ0n) is 17.0. The molecular formula is C23H25N3O3. The quantitative estimate of drug-likeness (QED) is 0.666. The summed E-state index contributed by atoms with van der Waals surface area (Å²) in [6.07, 6.45) is 2.08. The van der Waals surface area contributed by atoms with Crippen LogP contribution in [0.4, 0.5) is 0 Å². The van der Waals surface area contributed by atoms with Gasteiger partial charge in [-0.25, -0.2) is 0 Å². The summed E-state index contributed by atoms with van der Waals surface area (Å²) < 4.78 is 15.7. The van der Waals surface area contributed by atoms with Gasteiger partial charge in [0.05, 0.1) is 11.6 Å². The summed E-state index contributed by atoms with van der Waals surface area (Å²) in [6, 6.07) is 12.1. The number of carbonyl (C=O) groups excluding carboxylic acids is 1. The average Bonchev–Trinajstić information content (AvgIpc) is 3.32. The average molecular weight is 391 g/mol. The third-order valence-corrected chi connectivity index (χ3v) is 6.05. The molecule has 6 heteroatoms. The number of carbonyl (C=O) groups is 1. The Morgan fingerprint density at radius 3 is 2.66 bits per heavy atom. The molecule has 29 heavy (non-hydrogen) atoms. The minimum Gasteiger partial charge on any atom is -0.486 e. The maximum Gasteiger partial charge on any atom is 0.256 e. The Labute approximate surface area is 170 Å². The van der Waals surface area contributed by atoms with Gasteiger partial charge in [-0.3, -0.25) is 4.79 Å². The molecule has 0 saturated heterocycles. The predicted octanol–water partition coefficient (Wildman–Crippen LogP) is 3.88. The molecule has 0 radical (unpaired) electrons. The van der Waals surface area contributed by atoms with Gasteiger partial charge >= 0.3 is 0 Å². The second kappa shape index (κ2) is 6.72. The van der Waals surface area contributed by atoms with Crippen molar-refractivity contribution < 1.29 is 14.3 Å². The molecule has 2 aliphatic heterocycles. The molecule has 0 spiro atoms. The van der Waals surface area contributed by atoms with Crippen LogP contribution in [0.3, 0.4) is 0 Å². The van der Waals surface area contributed by atoms with E-state index >= 15 is 0 Å². The highest BCUT2D eigenvalue weighted by atomic mass is 16.6. The van der Waals surface area contributed by atoms with Gasteiger partial charge in [0.25, 0.3) is 5.91 Å².